The van der Waals surface area contributed by atoms with Gasteiger partial charge in [0, 0.05) is 12.7 Å². The normalized spacial score (nSPS) is 10.2. The fourth-order valence-electron chi connectivity index (χ4n) is 2.05. The number of anilines is 1. The maximum atomic E-state index is 12.8. The second kappa shape index (κ2) is 7.54. The Labute approximate surface area is 134 Å². The first-order valence-corrected chi connectivity index (χ1v) is 7.29. The first-order valence-electron chi connectivity index (χ1n) is 7.29. The molecule has 1 N–H and O–H groups in total. The highest BCUT2D eigenvalue weighted by molar-refractivity contribution is 5.94. The molecule has 0 bridgehead atoms. The van der Waals surface area contributed by atoms with Crippen LogP contribution in [0.15, 0.2) is 48.5 Å². The van der Waals surface area contributed by atoms with Crippen molar-refractivity contribution in [1.29, 1.82) is 0 Å². The quantitative estimate of drug-likeness (QED) is 0.922. The number of amides is 2. The van der Waals surface area contributed by atoms with Crippen LogP contribution in [0.1, 0.15) is 11.1 Å². The number of rotatable bonds is 5. The van der Waals surface area contributed by atoms with Gasteiger partial charge in [-0.15, -0.1) is 0 Å². The Hall–Kier alpha value is -2.69. The molecule has 4 nitrogen and oxygen atoms in total. The highest BCUT2D eigenvalue weighted by Crippen LogP contribution is 2.09. The predicted molar refractivity (Wildman–Crippen MR) is 87.5 cm³/mol. The monoisotopic (exact) mass is 314 g/mol. The van der Waals surface area contributed by atoms with Gasteiger partial charge in [0.1, 0.15) is 5.82 Å². The van der Waals surface area contributed by atoms with Gasteiger partial charge in [-0.2, -0.15) is 0 Å². The van der Waals surface area contributed by atoms with E-state index in [-0.39, 0.29) is 30.6 Å². The van der Waals surface area contributed by atoms with Gasteiger partial charge in [-0.1, -0.05) is 29.8 Å². The molecule has 0 aliphatic heterocycles. The molecule has 2 amide bonds. The molecule has 0 heterocycles. The van der Waals surface area contributed by atoms with Crippen LogP contribution in [-0.4, -0.2) is 30.3 Å². The molecule has 0 radical (unpaired) electrons. The third kappa shape index (κ3) is 5.21. The number of likely N-dealkylation sites (N-methyl/N-ethyl adjacent to an activating group) is 1. The van der Waals surface area contributed by atoms with Gasteiger partial charge in [-0.3, -0.25) is 9.59 Å². The van der Waals surface area contributed by atoms with E-state index in [1.165, 1.54) is 17.0 Å². The fourth-order valence-corrected chi connectivity index (χ4v) is 2.05. The Morgan fingerprint density at radius 2 is 1.65 bits per heavy atom. The zero-order chi connectivity index (χ0) is 16.8. The van der Waals surface area contributed by atoms with Crippen LogP contribution in [-0.2, 0) is 16.0 Å². The minimum absolute atomic E-state index is 0.0338. The Morgan fingerprint density at radius 1 is 1.04 bits per heavy atom. The summed E-state index contributed by atoms with van der Waals surface area (Å²) in [6, 6.07) is 13.2. The molecule has 0 saturated carbocycles. The molecule has 0 aliphatic rings. The molecule has 23 heavy (non-hydrogen) atoms. The second-order valence-electron chi connectivity index (χ2n) is 5.47. The van der Waals surface area contributed by atoms with Crippen molar-refractivity contribution in [2.75, 3.05) is 18.9 Å². The maximum absolute atomic E-state index is 12.8. The van der Waals surface area contributed by atoms with E-state index in [2.05, 4.69) is 5.32 Å². The van der Waals surface area contributed by atoms with Crippen LogP contribution in [0.3, 0.4) is 0 Å². The lowest BCUT2D eigenvalue weighted by Crippen LogP contribution is -2.35. The summed E-state index contributed by atoms with van der Waals surface area (Å²) < 4.78 is 12.8. The summed E-state index contributed by atoms with van der Waals surface area (Å²) in [5.74, 6) is -0.800. The number of nitrogens with zero attached hydrogens (tertiary/aromatic N) is 1. The van der Waals surface area contributed by atoms with Gasteiger partial charge >= 0.3 is 0 Å². The van der Waals surface area contributed by atoms with E-state index in [1.807, 2.05) is 31.2 Å². The molecule has 0 aliphatic carbocycles. The molecule has 2 rings (SSSR count). The van der Waals surface area contributed by atoms with E-state index in [9.17, 15) is 14.0 Å². The van der Waals surface area contributed by atoms with Crippen molar-refractivity contribution in [2.24, 2.45) is 0 Å². The van der Waals surface area contributed by atoms with Crippen LogP contribution in [0.4, 0.5) is 10.1 Å². The summed E-state index contributed by atoms with van der Waals surface area (Å²) in [7, 11) is 1.57. The minimum atomic E-state index is -0.341. The molecular weight excluding hydrogens is 295 g/mol. The minimum Gasteiger partial charge on any atom is -0.336 e. The molecule has 0 saturated heterocycles. The molecule has 2 aromatic carbocycles. The molecule has 0 spiro atoms. The summed E-state index contributed by atoms with van der Waals surface area (Å²) in [5.41, 5.74) is 2.51. The van der Waals surface area contributed by atoms with Crippen molar-refractivity contribution in [1.82, 2.24) is 4.90 Å². The standard InChI is InChI=1S/C18H19FN2O2/c1-13-3-9-16(10-4-13)20-17(22)12-21(2)18(23)11-14-5-7-15(19)8-6-14/h3-10H,11-12H2,1-2H3,(H,20,22). The molecule has 0 fully saturated rings. The molecule has 0 aromatic heterocycles. The van der Waals surface area contributed by atoms with Crippen molar-refractivity contribution in [2.45, 2.75) is 13.3 Å². The largest absolute Gasteiger partial charge is 0.336 e. The highest BCUT2D eigenvalue weighted by atomic mass is 19.1. The van der Waals surface area contributed by atoms with Gasteiger partial charge in [-0.05, 0) is 36.8 Å². The molecule has 0 atom stereocenters. The van der Waals surface area contributed by atoms with Crippen LogP contribution in [0.5, 0.6) is 0 Å². The highest BCUT2D eigenvalue weighted by Gasteiger charge is 2.13. The Bertz CT molecular complexity index is 681. The predicted octanol–water partition coefficient (Wildman–Crippen LogP) is 2.77. The van der Waals surface area contributed by atoms with Crippen molar-refractivity contribution in [3.8, 4) is 0 Å². The molecule has 2 aromatic rings. The van der Waals surface area contributed by atoms with Crippen LogP contribution in [0, 0.1) is 12.7 Å². The number of aryl methyl sites for hydroxylation is 1. The molecule has 0 unspecified atom stereocenters. The van der Waals surface area contributed by atoms with Crippen molar-refractivity contribution in [3.05, 3.63) is 65.5 Å². The summed E-state index contributed by atoms with van der Waals surface area (Å²) >= 11 is 0. The van der Waals surface area contributed by atoms with E-state index >= 15 is 0 Å². The first-order chi connectivity index (χ1) is 10.9. The lowest BCUT2D eigenvalue weighted by molar-refractivity contribution is -0.132. The lowest BCUT2D eigenvalue weighted by Gasteiger charge is -2.17. The number of nitrogens with one attached hydrogen (secondary N) is 1. The molecular formula is C18H19FN2O2. The van der Waals surface area contributed by atoms with Gasteiger partial charge in [-0.25, -0.2) is 4.39 Å². The zero-order valence-electron chi connectivity index (χ0n) is 13.2. The number of carbonyl (C=O) groups excluding carboxylic acids is 2. The first kappa shape index (κ1) is 16.7. The van der Waals surface area contributed by atoms with Crippen molar-refractivity contribution >= 4 is 17.5 Å². The van der Waals surface area contributed by atoms with E-state index in [0.717, 1.165) is 5.56 Å². The topological polar surface area (TPSA) is 49.4 Å². The van der Waals surface area contributed by atoms with Gasteiger partial charge < -0.3 is 10.2 Å². The van der Waals surface area contributed by atoms with E-state index in [0.29, 0.717) is 11.3 Å². The molecule has 5 heteroatoms. The Morgan fingerprint density at radius 3 is 2.26 bits per heavy atom. The number of halogens is 1. The average molecular weight is 314 g/mol. The van der Waals surface area contributed by atoms with E-state index in [4.69, 9.17) is 0 Å². The maximum Gasteiger partial charge on any atom is 0.243 e. The average Bonchev–Trinajstić information content (AvgIpc) is 2.51. The van der Waals surface area contributed by atoms with Crippen LogP contribution < -0.4 is 5.32 Å². The number of carbonyl (C=O) groups is 2. The van der Waals surface area contributed by atoms with E-state index in [1.54, 1.807) is 19.2 Å². The smallest absolute Gasteiger partial charge is 0.243 e. The SMILES string of the molecule is Cc1ccc(NC(=O)CN(C)C(=O)Cc2ccc(F)cc2)cc1. The van der Waals surface area contributed by atoms with Crippen molar-refractivity contribution in [3.63, 3.8) is 0 Å². The summed E-state index contributed by atoms with van der Waals surface area (Å²) in [6.45, 7) is 1.93. The number of benzene rings is 2. The third-order valence-electron chi connectivity index (χ3n) is 3.41. The summed E-state index contributed by atoms with van der Waals surface area (Å²) in [5, 5.41) is 2.74. The van der Waals surface area contributed by atoms with Crippen LogP contribution in [0.25, 0.3) is 0 Å². The number of hydrogen-bond donors (Lipinski definition) is 1. The fraction of sp³-hybridized carbons (Fsp3) is 0.222. The Kier molecular flexibility index (Phi) is 5.46. The third-order valence-corrected chi connectivity index (χ3v) is 3.41. The van der Waals surface area contributed by atoms with Gasteiger partial charge in [0.25, 0.3) is 0 Å². The second-order valence-corrected chi connectivity index (χ2v) is 5.47. The van der Waals surface area contributed by atoms with Crippen LogP contribution in [0.2, 0.25) is 0 Å². The Balaban J connectivity index is 1.86. The zero-order valence-corrected chi connectivity index (χ0v) is 13.2. The summed E-state index contributed by atoms with van der Waals surface area (Å²) in [6.07, 6.45) is 0.134. The van der Waals surface area contributed by atoms with Gasteiger partial charge in [0.15, 0.2) is 0 Å². The molecule has 120 valence electrons. The summed E-state index contributed by atoms with van der Waals surface area (Å²) in [4.78, 5) is 25.4. The van der Waals surface area contributed by atoms with Crippen molar-refractivity contribution < 1.29 is 14.0 Å². The van der Waals surface area contributed by atoms with Gasteiger partial charge in [0.2, 0.25) is 11.8 Å². The van der Waals surface area contributed by atoms with Crippen LogP contribution >= 0.6 is 0 Å². The number of hydrogen-bond acceptors (Lipinski definition) is 2. The van der Waals surface area contributed by atoms with E-state index < -0.39 is 0 Å². The lowest BCUT2D eigenvalue weighted by atomic mass is 10.1. The van der Waals surface area contributed by atoms with Gasteiger partial charge in [0.05, 0.1) is 13.0 Å².